The second kappa shape index (κ2) is 9.46. The van der Waals surface area contributed by atoms with Crippen LogP contribution in [0.5, 0.6) is 11.5 Å². The maximum Gasteiger partial charge on any atom is 0.358 e. The third kappa shape index (κ3) is 4.76. The van der Waals surface area contributed by atoms with E-state index in [4.69, 9.17) is 9.47 Å². The van der Waals surface area contributed by atoms with Crippen LogP contribution in [-0.4, -0.2) is 76.6 Å². The molecule has 1 fully saturated rings. The summed E-state index contributed by atoms with van der Waals surface area (Å²) < 4.78 is 10.9. The van der Waals surface area contributed by atoms with Gasteiger partial charge in [-0.2, -0.15) is 0 Å². The minimum absolute atomic E-state index is 0.0740. The predicted molar refractivity (Wildman–Crippen MR) is 111 cm³/mol. The summed E-state index contributed by atoms with van der Waals surface area (Å²) >= 11 is 0. The van der Waals surface area contributed by atoms with E-state index in [2.05, 4.69) is 4.98 Å². The van der Waals surface area contributed by atoms with E-state index in [1.165, 1.54) is 19.4 Å². The molecule has 31 heavy (non-hydrogen) atoms. The Bertz CT molecular complexity index is 965. The average molecular weight is 427 g/mol. The summed E-state index contributed by atoms with van der Waals surface area (Å²) in [7, 11) is 1.38. The third-order valence-corrected chi connectivity index (χ3v) is 5.15. The van der Waals surface area contributed by atoms with Crippen LogP contribution < -0.4 is 9.47 Å². The highest BCUT2D eigenvalue weighted by atomic mass is 16.5. The molecule has 9 nitrogen and oxygen atoms in total. The van der Waals surface area contributed by atoms with Crippen molar-refractivity contribution in [2.24, 2.45) is 0 Å². The van der Waals surface area contributed by atoms with Crippen molar-refractivity contribution in [3.05, 3.63) is 53.9 Å². The number of carbonyl (C=O) groups is 3. The number of ether oxygens (including phenoxy) is 2. The summed E-state index contributed by atoms with van der Waals surface area (Å²) in [6.45, 7) is 4.55. The number of benzene rings is 1. The van der Waals surface area contributed by atoms with Crippen LogP contribution in [0.1, 0.15) is 34.7 Å². The second-order valence-electron chi connectivity index (χ2n) is 7.25. The Hall–Kier alpha value is -3.62. The molecule has 1 N–H and O–H groups in total. The molecule has 2 heterocycles. The number of hydrogen-bond acceptors (Lipinski definition) is 6. The first-order valence-electron chi connectivity index (χ1n) is 9.91. The monoisotopic (exact) mass is 427 g/mol. The van der Waals surface area contributed by atoms with Gasteiger partial charge < -0.3 is 24.4 Å². The maximum atomic E-state index is 13.0. The van der Waals surface area contributed by atoms with Gasteiger partial charge in [0.1, 0.15) is 0 Å². The quantitative estimate of drug-likeness (QED) is 0.750. The fourth-order valence-electron chi connectivity index (χ4n) is 3.55. The topological polar surface area (TPSA) is 109 Å². The predicted octanol–water partition coefficient (Wildman–Crippen LogP) is 1.93. The van der Waals surface area contributed by atoms with E-state index in [1.807, 2.05) is 25.1 Å². The van der Waals surface area contributed by atoms with Gasteiger partial charge in [-0.25, -0.2) is 9.78 Å². The molecule has 1 aromatic carbocycles. The van der Waals surface area contributed by atoms with Crippen molar-refractivity contribution in [2.45, 2.75) is 26.0 Å². The van der Waals surface area contributed by atoms with Crippen molar-refractivity contribution >= 4 is 17.8 Å². The Morgan fingerprint density at radius 1 is 1.16 bits per heavy atom. The molecule has 9 heteroatoms. The van der Waals surface area contributed by atoms with E-state index in [0.717, 1.165) is 0 Å². The van der Waals surface area contributed by atoms with E-state index in [0.29, 0.717) is 25.2 Å². The second-order valence-corrected chi connectivity index (χ2v) is 7.25. The molecule has 1 aliphatic rings. The maximum absolute atomic E-state index is 13.0. The third-order valence-electron chi connectivity index (χ3n) is 5.15. The van der Waals surface area contributed by atoms with Crippen molar-refractivity contribution in [1.29, 1.82) is 0 Å². The highest BCUT2D eigenvalue weighted by Crippen LogP contribution is 2.31. The number of nitrogens with zero attached hydrogens (tertiary/aromatic N) is 3. The van der Waals surface area contributed by atoms with Gasteiger partial charge in [0.05, 0.1) is 7.11 Å². The normalized spacial score (nSPS) is 17.1. The van der Waals surface area contributed by atoms with Gasteiger partial charge in [-0.1, -0.05) is 18.2 Å². The van der Waals surface area contributed by atoms with Crippen LogP contribution in [0.2, 0.25) is 0 Å². The van der Waals surface area contributed by atoms with Crippen molar-refractivity contribution in [1.82, 2.24) is 14.8 Å². The number of amides is 2. The Labute approximate surface area is 180 Å². The van der Waals surface area contributed by atoms with Crippen molar-refractivity contribution in [2.75, 3.05) is 26.7 Å². The molecular weight excluding hydrogens is 402 g/mol. The lowest BCUT2D eigenvalue weighted by molar-refractivity contribution is -0.142. The molecule has 0 unspecified atom stereocenters. The molecule has 0 radical (unpaired) electrons. The summed E-state index contributed by atoms with van der Waals surface area (Å²) in [5.74, 6) is -1.58. The van der Waals surface area contributed by atoms with E-state index in [-0.39, 0.29) is 35.0 Å². The van der Waals surface area contributed by atoms with Crippen LogP contribution in [0.15, 0.2) is 42.6 Å². The summed E-state index contributed by atoms with van der Waals surface area (Å²) in [5.41, 5.74) is 0.279. The molecule has 1 aliphatic heterocycles. The lowest BCUT2D eigenvalue weighted by Gasteiger charge is -2.40. The summed E-state index contributed by atoms with van der Waals surface area (Å²) in [6, 6.07) is 10.2. The van der Waals surface area contributed by atoms with Gasteiger partial charge in [-0.15, -0.1) is 0 Å². The molecule has 1 aromatic heterocycles. The van der Waals surface area contributed by atoms with Crippen LogP contribution in [0.4, 0.5) is 0 Å². The minimum Gasteiger partial charge on any atom is -0.493 e. The number of carboxylic acid groups (broad SMARTS) is 1. The van der Waals surface area contributed by atoms with Crippen molar-refractivity contribution < 1.29 is 29.0 Å². The summed E-state index contributed by atoms with van der Waals surface area (Å²) in [5, 5.41) is 9.37. The van der Waals surface area contributed by atoms with E-state index in [9.17, 15) is 19.5 Å². The number of aromatic carboxylic acids is 1. The SMILES string of the molecule is COc1ccnc(C(=O)O)c1O[C@@H](C)C(=O)N1CCN(C(=O)c2ccccc2)C[C@H]1C. The molecule has 0 saturated carbocycles. The highest BCUT2D eigenvalue weighted by Gasteiger charge is 2.34. The number of aromatic nitrogens is 1. The molecule has 164 valence electrons. The molecule has 3 rings (SSSR count). The van der Waals surface area contributed by atoms with Crippen LogP contribution in [0.25, 0.3) is 0 Å². The first-order chi connectivity index (χ1) is 14.8. The van der Waals surface area contributed by atoms with Gasteiger partial charge in [0, 0.05) is 43.5 Å². The van der Waals surface area contributed by atoms with Gasteiger partial charge in [-0.05, 0) is 26.0 Å². The first kappa shape index (κ1) is 22.1. The standard InChI is InChI=1S/C22H25N3O6/c1-14-13-24(21(27)16-7-5-4-6-8-16)11-12-25(14)20(26)15(2)31-19-17(30-3)9-10-23-18(19)22(28)29/h4-10,14-15H,11-13H2,1-3H3,(H,28,29)/t14-,15+/m1/s1. The Morgan fingerprint density at radius 3 is 2.48 bits per heavy atom. The number of hydrogen-bond donors (Lipinski definition) is 1. The smallest absolute Gasteiger partial charge is 0.358 e. The van der Waals surface area contributed by atoms with Gasteiger partial charge in [0.2, 0.25) is 0 Å². The first-order valence-corrected chi connectivity index (χ1v) is 9.91. The number of rotatable bonds is 6. The molecule has 0 bridgehead atoms. The van der Waals surface area contributed by atoms with E-state index >= 15 is 0 Å². The zero-order valence-corrected chi connectivity index (χ0v) is 17.6. The molecule has 2 amide bonds. The number of methoxy groups -OCH3 is 1. The number of pyridine rings is 1. The van der Waals surface area contributed by atoms with Gasteiger partial charge in [0.25, 0.3) is 11.8 Å². The minimum atomic E-state index is -1.28. The fourth-order valence-corrected chi connectivity index (χ4v) is 3.55. The fraction of sp³-hybridized carbons (Fsp3) is 0.364. The van der Waals surface area contributed by atoms with E-state index < -0.39 is 12.1 Å². The highest BCUT2D eigenvalue weighted by molar-refractivity contribution is 5.94. The Morgan fingerprint density at radius 2 is 1.87 bits per heavy atom. The van der Waals surface area contributed by atoms with Crippen LogP contribution >= 0.6 is 0 Å². The van der Waals surface area contributed by atoms with Gasteiger partial charge in [-0.3, -0.25) is 9.59 Å². The van der Waals surface area contributed by atoms with Crippen molar-refractivity contribution in [3.63, 3.8) is 0 Å². The zero-order valence-electron chi connectivity index (χ0n) is 17.6. The summed E-state index contributed by atoms with van der Waals surface area (Å²) in [4.78, 5) is 44.4. The zero-order chi connectivity index (χ0) is 22.5. The van der Waals surface area contributed by atoms with E-state index in [1.54, 1.807) is 28.9 Å². The van der Waals surface area contributed by atoms with Gasteiger partial charge in [0.15, 0.2) is 23.3 Å². The molecule has 2 aromatic rings. The lowest BCUT2D eigenvalue weighted by atomic mass is 10.1. The molecule has 0 aliphatic carbocycles. The number of piperazine rings is 1. The van der Waals surface area contributed by atoms with Crippen LogP contribution in [-0.2, 0) is 4.79 Å². The molecule has 1 saturated heterocycles. The molecule has 2 atom stereocenters. The Balaban J connectivity index is 1.69. The van der Waals surface area contributed by atoms with Crippen LogP contribution in [0.3, 0.4) is 0 Å². The van der Waals surface area contributed by atoms with Crippen LogP contribution in [0, 0.1) is 0 Å². The summed E-state index contributed by atoms with van der Waals surface area (Å²) in [6.07, 6.45) is 0.335. The Kier molecular flexibility index (Phi) is 6.74. The lowest BCUT2D eigenvalue weighted by Crippen LogP contribution is -2.57. The number of carboxylic acids is 1. The molecule has 0 spiro atoms. The van der Waals surface area contributed by atoms with Gasteiger partial charge >= 0.3 is 5.97 Å². The number of carbonyl (C=O) groups excluding carboxylic acids is 2. The van der Waals surface area contributed by atoms with Crippen molar-refractivity contribution in [3.8, 4) is 11.5 Å². The largest absolute Gasteiger partial charge is 0.493 e. The molecular formula is C22H25N3O6. The average Bonchev–Trinajstić information content (AvgIpc) is 2.78.